The van der Waals surface area contributed by atoms with Gasteiger partial charge in [-0.3, -0.25) is 9.69 Å². The number of nitrogens with one attached hydrogen (secondary N) is 1. The molecule has 1 atom stereocenters. The van der Waals surface area contributed by atoms with E-state index in [0.29, 0.717) is 41.8 Å². The molecule has 0 bridgehead atoms. The van der Waals surface area contributed by atoms with Gasteiger partial charge in [-0.25, -0.2) is 0 Å². The van der Waals surface area contributed by atoms with Gasteiger partial charge in [0.15, 0.2) is 0 Å². The Labute approximate surface area is 133 Å². The van der Waals surface area contributed by atoms with Gasteiger partial charge in [0, 0.05) is 43.7 Å². The zero-order valence-corrected chi connectivity index (χ0v) is 13.0. The SMILES string of the molecule is O=C1CCN(CC(O)COc2cc(Cl)ccc2Cl)CCN1. The highest BCUT2D eigenvalue weighted by Gasteiger charge is 2.17. The van der Waals surface area contributed by atoms with Gasteiger partial charge in [0.2, 0.25) is 5.91 Å². The molecule has 2 rings (SSSR count). The van der Waals surface area contributed by atoms with Crippen molar-refractivity contribution in [3.8, 4) is 5.75 Å². The molecule has 0 aromatic heterocycles. The monoisotopic (exact) mass is 332 g/mol. The highest BCUT2D eigenvalue weighted by Crippen LogP contribution is 2.27. The van der Waals surface area contributed by atoms with Gasteiger partial charge in [0.25, 0.3) is 0 Å². The van der Waals surface area contributed by atoms with E-state index >= 15 is 0 Å². The minimum atomic E-state index is -0.659. The number of β-amino-alcohol motifs (C(OH)–C–C–N with tert-alkyl or cyclic N) is 1. The summed E-state index contributed by atoms with van der Waals surface area (Å²) in [5.41, 5.74) is 0. The summed E-state index contributed by atoms with van der Waals surface area (Å²) in [4.78, 5) is 13.3. The van der Waals surface area contributed by atoms with Crippen molar-refractivity contribution >= 4 is 29.1 Å². The maximum absolute atomic E-state index is 11.2. The molecule has 1 heterocycles. The maximum Gasteiger partial charge on any atom is 0.221 e. The number of rotatable bonds is 5. The number of halogens is 2. The quantitative estimate of drug-likeness (QED) is 0.858. The van der Waals surface area contributed by atoms with Crippen LogP contribution in [0.15, 0.2) is 18.2 Å². The van der Waals surface area contributed by atoms with Crippen molar-refractivity contribution in [2.24, 2.45) is 0 Å². The number of hydrogen-bond donors (Lipinski definition) is 2. The van der Waals surface area contributed by atoms with Crippen LogP contribution in [0.25, 0.3) is 0 Å². The molecule has 5 nitrogen and oxygen atoms in total. The first-order valence-electron chi connectivity index (χ1n) is 6.79. The van der Waals surface area contributed by atoms with E-state index in [1.54, 1.807) is 18.2 Å². The van der Waals surface area contributed by atoms with E-state index in [0.717, 1.165) is 6.54 Å². The highest BCUT2D eigenvalue weighted by molar-refractivity contribution is 6.34. The molecule has 2 N–H and O–H groups in total. The smallest absolute Gasteiger partial charge is 0.221 e. The molecule has 0 saturated carbocycles. The van der Waals surface area contributed by atoms with Crippen LogP contribution >= 0.6 is 23.2 Å². The molecule has 116 valence electrons. The van der Waals surface area contributed by atoms with E-state index in [4.69, 9.17) is 27.9 Å². The molecule has 1 fully saturated rings. The Bertz CT molecular complexity index is 499. The number of ether oxygens (including phenoxy) is 1. The van der Waals surface area contributed by atoms with Crippen molar-refractivity contribution in [3.05, 3.63) is 28.2 Å². The van der Waals surface area contributed by atoms with Gasteiger partial charge in [-0.05, 0) is 12.1 Å². The van der Waals surface area contributed by atoms with Crippen LogP contribution in [0.1, 0.15) is 6.42 Å². The Morgan fingerprint density at radius 1 is 1.38 bits per heavy atom. The lowest BCUT2D eigenvalue weighted by atomic mass is 10.3. The minimum Gasteiger partial charge on any atom is -0.489 e. The van der Waals surface area contributed by atoms with Gasteiger partial charge in [0.05, 0.1) is 5.02 Å². The molecule has 1 aromatic carbocycles. The van der Waals surface area contributed by atoms with Crippen LogP contribution in [0.3, 0.4) is 0 Å². The number of aliphatic hydroxyl groups excluding tert-OH is 1. The van der Waals surface area contributed by atoms with Crippen molar-refractivity contribution in [2.45, 2.75) is 12.5 Å². The van der Waals surface area contributed by atoms with Crippen LogP contribution in [0.5, 0.6) is 5.75 Å². The van der Waals surface area contributed by atoms with Crippen molar-refractivity contribution in [1.82, 2.24) is 10.2 Å². The fraction of sp³-hybridized carbons (Fsp3) is 0.500. The van der Waals surface area contributed by atoms with Gasteiger partial charge in [-0.15, -0.1) is 0 Å². The van der Waals surface area contributed by atoms with Crippen LogP contribution in [0.4, 0.5) is 0 Å². The summed E-state index contributed by atoms with van der Waals surface area (Å²) in [5.74, 6) is 0.505. The van der Waals surface area contributed by atoms with Crippen LogP contribution in [0, 0.1) is 0 Å². The third-order valence-electron chi connectivity index (χ3n) is 3.20. The molecule has 1 saturated heterocycles. The molecule has 21 heavy (non-hydrogen) atoms. The van der Waals surface area contributed by atoms with Crippen molar-refractivity contribution < 1.29 is 14.6 Å². The summed E-state index contributed by atoms with van der Waals surface area (Å²) in [7, 11) is 0. The number of carbonyl (C=O) groups is 1. The lowest BCUT2D eigenvalue weighted by Crippen LogP contribution is -2.37. The molecule has 7 heteroatoms. The number of carbonyl (C=O) groups excluding carboxylic acids is 1. The Hall–Kier alpha value is -1.01. The second-order valence-electron chi connectivity index (χ2n) is 4.94. The second-order valence-corrected chi connectivity index (χ2v) is 5.78. The van der Waals surface area contributed by atoms with E-state index < -0.39 is 6.10 Å². The van der Waals surface area contributed by atoms with Crippen LogP contribution in [-0.4, -0.2) is 54.8 Å². The largest absolute Gasteiger partial charge is 0.489 e. The van der Waals surface area contributed by atoms with Gasteiger partial charge in [0.1, 0.15) is 18.5 Å². The number of amides is 1. The normalized spacial score (nSPS) is 18.0. The molecular weight excluding hydrogens is 315 g/mol. The topological polar surface area (TPSA) is 61.8 Å². The van der Waals surface area contributed by atoms with Gasteiger partial charge in [-0.2, -0.15) is 0 Å². The zero-order valence-electron chi connectivity index (χ0n) is 11.5. The summed E-state index contributed by atoms with van der Waals surface area (Å²) >= 11 is 11.9. The van der Waals surface area contributed by atoms with Crippen molar-refractivity contribution in [3.63, 3.8) is 0 Å². The van der Waals surface area contributed by atoms with E-state index in [9.17, 15) is 9.90 Å². The fourth-order valence-electron chi connectivity index (χ4n) is 2.12. The number of hydrogen-bond acceptors (Lipinski definition) is 4. The average molecular weight is 333 g/mol. The number of aliphatic hydroxyl groups is 1. The Balaban J connectivity index is 1.80. The molecule has 1 aliphatic rings. The van der Waals surface area contributed by atoms with Gasteiger partial charge >= 0.3 is 0 Å². The molecular formula is C14H18Cl2N2O3. The molecule has 1 amide bonds. The summed E-state index contributed by atoms with van der Waals surface area (Å²) < 4.78 is 5.50. The Morgan fingerprint density at radius 3 is 3.00 bits per heavy atom. The third kappa shape index (κ3) is 5.36. The highest BCUT2D eigenvalue weighted by atomic mass is 35.5. The molecule has 1 aromatic rings. The third-order valence-corrected chi connectivity index (χ3v) is 3.75. The Kier molecular flexibility index (Phi) is 6.11. The van der Waals surface area contributed by atoms with E-state index in [1.165, 1.54) is 0 Å². The van der Waals surface area contributed by atoms with E-state index in [1.807, 2.05) is 4.90 Å². The summed E-state index contributed by atoms with van der Waals surface area (Å²) in [6, 6.07) is 4.94. The standard InChI is InChI=1S/C14H18Cl2N2O3/c15-10-1-2-12(16)13(7-10)21-9-11(19)8-18-5-3-14(20)17-4-6-18/h1-2,7,11,19H,3-6,8-9H2,(H,17,20). The first kappa shape index (κ1) is 16.4. The molecule has 0 spiro atoms. The molecule has 0 radical (unpaired) electrons. The summed E-state index contributed by atoms with van der Waals surface area (Å²) in [6.07, 6.45) is -0.207. The zero-order chi connectivity index (χ0) is 15.2. The van der Waals surface area contributed by atoms with E-state index in [2.05, 4.69) is 5.32 Å². The predicted molar refractivity (Wildman–Crippen MR) is 82.0 cm³/mol. The maximum atomic E-state index is 11.2. The second kappa shape index (κ2) is 7.84. The molecule has 1 unspecified atom stereocenters. The fourth-order valence-corrected chi connectivity index (χ4v) is 2.45. The number of benzene rings is 1. The van der Waals surface area contributed by atoms with Crippen molar-refractivity contribution in [1.29, 1.82) is 0 Å². The van der Waals surface area contributed by atoms with Crippen molar-refractivity contribution in [2.75, 3.05) is 32.8 Å². The molecule has 0 aliphatic carbocycles. The molecule has 1 aliphatic heterocycles. The first-order valence-corrected chi connectivity index (χ1v) is 7.55. The van der Waals surface area contributed by atoms with Gasteiger partial charge in [-0.1, -0.05) is 23.2 Å². The van der Waals surface area contributed by atoms with Crippen LogP contribution < -0.4 is 10.1 Å². The lowest BCUT2D eigenvalue weighted by Gasteiger charge is -2.22. The van der Waals surface area contributed by atoms with Crippen LogP contribution in [-0.2, 0) is 4.79 Å². The summed E-state index contributed by atoms with van der Waals surface area (Å²) in [5, 5.41) is 13.8. The lowest BCUT2D eigenvalue weighted by molar-refractivity contribution is -0.120. The Morgan fingerprint density at radius 2 is 2.19 bits per heavy atom. The van der Waals surface area contributed by atoms with Gasteiger partial charge < -0.3 is 15.2 Å². The number of nitrogens with zero attached hydrogens (tertiary/aromatic N) is 1. The minimum absolute atomic E-state index is 0.0500. The average Bonchev–Trinajstić information content (AvgIpc) is 2.65. The summed E-state index contributed by atoms with van der Waals surface area (Å²) in [6.45, 7) is 2.54. The van der Waals surface area contributed by atoms with Crippen LogP contribution in [0.2, 0.25) is 10.0 Å². The predicted octanol–water partition coefficient (Wildman–Crippen LogP) is 1.55. The first-order chi connectivity index (χ1) is 10.0. The van der Waals surface area contributed by atoms with E-state index in [-0.39, 0.29) is 12.5 Å².